The number of carbonyl (C=O) groups is 1. The van der Waals surface area contributed by atoms with E-state index >= 15 is 0 Å². The molecule has 1 heterocycles. The highest BCUT2D eigenvalue weighted by atomic mass is 19.1. The number of carbonyl (C=O) groups excluding carboxylic acids is 1. The maximum absolute atomic E-state index is 13.5. The van der Waals surface area contributed by atoms with Gasteiger partial charge in [0, 0.05) is 17.8 Å². The SMILES string of the molecule is Cc1cccc(Nc2ccc(C(=O)NCc3ccccc3F)nn2)c1. The highest BCUT2D eigenvalue weighted by molar-refractivity contribution is 5.92. The highest BCUT2D eigenvalue weighted by Gasteiger charge is 2.09. The number of hydrogen-bond donors (Lipinski definition) is 2. The molecule has 0 aliphatic heterocycles. The Morgan fingerprint density at radius 1 is 1.04 bits per heavy atom. The average Bonchev–Trinajstić information content (AvgIpc) is 2.61. The van der Waals surface area contributed by atoms with E-state index in [1.165, 1.54) is 6.07 Å². The van der Waals surface area contributed by atoms with Gasteiger partial charge in [-0.15, -0.1) is 10.2 Å². The second kappa shape index (κ2) is 7.53. The van der Waals surface area contributed by atoms with Gasteiger partial charge in [-0.1, -0.05) is 30.3 Å². The zero-order valence-corrected chi connectivity index (χ0v) is 13.7. The van der Waals surface area contributed by atoms with E-state index in [9.17, 15) is 9.18 Å². The molecule has 6 heteroatoms. The third-order valence-electron chi connectivity index (χ3n) is 3.58. The number of aromatic nitrogens is 2. The van der Waals surface area contributed by atoms with Crippen LogP contribution in [0.25, 0.3) is 0 Å². The van der Waals surface area contributed by atoms with Crippen LogP contribution in [0.15, 0.2) is 60.7 Å². The summed E-state index contributed by atoms with van der Waals surface area (Å²) in [6, 6.07) is 17.4. The van der Waals surface area contributed by atoms with E-state index in [0.29, 0.717) is 11.4 Å². The lowest BCUT2D eigenvalue weighted by Gasteiger charge is -2.07. The number of rotatable bonds is 5. The van der Waals surface area contributed by atoms with Crippen LogP contribution in [0, 0.1) is 12.7 Å². The Labute approximate surface area is 144 Å². The zero-order valence-electron chi connectivity index (χ0n) is 13.7. The van der Waals surface area contributed by atoms with Gasteiger partial charge in [0.2, 0.25) is 0 Å². The summed E-state index contributed by atoms with van der Waals surface area (Å²) in [7, 11) is 0. The van der Waals surface area contributed by atoms with E-state index in [4.69, 9.17) is 0 Å². The van der Waals surface area contributed by atoms with Crippen LogP contribution >= 0.6 is 0 Å². The molecule has 126 valence electrons. The van der Waals surface area contributed by atoms with Gasteiger partial charge in [0.25, 0.3) is 5.91 Å². The van der Waals surface area contributed by atoms with Gasteiger partial charge in [0.15, 0.2) is 11.5 Å². The Bertz CT molecular complexity index is 881. The summed E-state index contributed by atoms with van der Waals surface area (Å²) in [5.74, 6) is -0.222. The molecule has 0 radical (unpaired) electrons. The van der Waals surface area contributed by atoms with Gasteiger partial charge in [-0.05, 0) is 42.8 Å². The first-order chi connectivity index (χ1) is 12.1. The van der Waals surface area contributed by atoms with E-state index in [2.05, 4.69) is 20.8 Å². The zero-order chi connectivity index (χ0) is 17.6. The van der Waals surface area contributed by atoms with Gasteiger partial charge < -0.3 is 10.6 Å². The van der Waals surface area contributed by atoms with Crippen LogP contribution in [0.5, 0.6) is 0 Å². The van der Waals surface area contributed by atoms with Gasteiger partial charge in [-0.3, -0.25) is 4.79 Å². The molecular formula is C19H17FN4O. The molecular weight excluding hydrogens is 319 g/mol. The Balaban J connectivity index is 1.61. The van der Waals surface area contributed by atoms with Crippen LogP contribution in [0.1, 0.15) is 21.6 Å². The minimum absolute atomic E-state index is 0.0937. The van der Waals surface area contributed by atoms with Crippen LogP contribution in [0.4, 0.5) is 15.9 Å². The molecule has 3 rings (SSSR count). The van der Waals surface area contributed by atoms with E-state index in [1.54, 1.807) is 30.3 Å². The molecule has 0 saturated heterocycles. The van der Waals surface area contributed by atoms with Crippen molar-refractivity contribution in [1.82, 2.24) is 15.5 Å². The molecule has 0 atom stereocenters. The second-order valence-electron chi connectivity index (χ2n) is 5.57. The van der Waals surface area contributed by atoms with Gasteiger partial charge in [-0.2, -0.15) is 0 Å². The lowest BCUT2D eigenvalue weighted by Crippen LogP contribution is -2.24. The normalized spacial score (nSPS) is 10.3. The first kappa shape index (κ1) is 16.6. The molecule has 25 heavy (non-hydrogen) atoms. The first-order valence-electron chi connectivity index (χ1n) is 7.81. The topological polar surface area (TPSA) is 66.9 Å². The number of halogens is 1. The predicted octanol–water partition coefficient (Wildman–Crippen LogP) is 3.60. The third-order valence-corrected chi connectivity index (χ3v) is 3.58. The second-order valence-corrected chi connectivity index (χ2v) is 5.57. The van der Waals surface area contributed by atoms with Crippen molar-refractivity contribution >= 4 is 17.4 Å². The van der Waals surface area contributed by atoms with E-state index in [-0.39, 0.29) is 18.1 Å². The van der Waals surface area contributed by atoms with Crippen molar-refractivity contribution in [3.63, 3.8) is 0 Å². The van der Waals surface area contributed by atoms with Gasteiger partial charge in [-0.25, -0.2) is 4.39 Å². The fourth-order valence-electron chi connectivity index (χ4n) is 2.30. The molecule has 0 bridgehead atoms. The largest absolute Gasteiger partial charge is 0.346 e. The molecule has 5 nitrogen and oxygen atoms in total. The summed E-state index contributed by atoms with van der Waals surface area (Å²) in [6.07, 6.45) is 0. The number of nitrogens with one attached hydrogen (secondary N) is 2. The Morgan fingerprint density at radius 2 is 1.88 bits per heavy atom. The monoisotopic (exact) mass is 336 g/mol. The van der Waals surface area contributed by atoms with Crippen molar-refractivity contribution in [2.75, 3.05) is 5.32 Å². The first-order valence-corrected chi connectivity index (χ1v) is 7.81. The number of hydrogen-bond acceptors (Lipinski definition) is 4. The standard InChI is InChI=1S/C19H17FN4O/c1-13-5-4-7-15(11-13)22-18-10-9-17(23-24-18)19(25)21-12-14-6-2-3-8-16(14)20/h2-11H,12H2,1H3,(H,21,25)(H,22,24). The van der Waals surface area contributed by atoms with Crippen LogP contribution in [0.2, 0.25) is 0 Å². The molecule has 3 aromatic rings. The van der Waals surface area contributed by atoms with E-state index in [1.807, 2.05) is 31.2 Å². The van der Waals surface area contributed by atoms with Crippen molar-refractivity contribution in [3.05, 3.63) is 83.3 Å². The van der Waals surface area contributed by atoms with Crippen molar-refractivity contribution in [2.45, 2.75) is 13.5 Å². The quantitative estimate of drug-likeness (QED) is 0.747. The van der Waals surface area contributed by atoms with Gasteiger partial charge >= 0.3 is 0 Å². The fourth-order valence-corrected chi connectivity index (χ4v) is 2.30. The molecule has 1 amide bonds. The van der Waals surface area contributed by atoms with E-state index in [0.717, 1.165) is 11.3 Å². The van der Waals surface area contributed by atoms with Gasteiger partial charge in [0.05, 0.1) is 0 Å². The minimum atomic E-state index is -0.405. The summed E-state index contributed by atoms with van der Waals surface area (Å²) in [4.78, 5) is 12.1. The van der Waals surface area contributed by atoms with Crippen molar-refractivity contribution in [1.29, 1.82) is 0 Å². The summed E-state index contributed by atoms with van der Waals surface area (Å²) in [5.41, 5.74) is 2.61. The van der Waals surface area contributed by atoms with Crippen LogP contribution in [-0.4, -0.2) is 16.1 Å². The summed E-state index contributed by atoms with van der Waals surface area (Å²) >= 11 is 0. The van der Waals surface area contributed by atoms with Crippen LogP contribution in [0.3, 0.4) is 0 Å². The molecule has 0 aliphatic carbocycles. The third kappa shape index (κ3) is 4.38. The maximum atomic E-state index is 13.5. The predicted molar refractivity (Wildman–Crippen MR) is 94.1 cm³/mol. The smallest absolute Gasteiger partial charge is 0.272 e. The molecule has 0 aliphatic rings. The number of anilines is 2. The molecule has 2 N–H and O–H groups in total. The van der Waals surface area contributed by atoms with Crippen molar-refractivity contribution < 1.29 is 9.18 Å². The van der Waals surface area contributed by atoms with Crippen LogP contribution in [-0.2, 0) is 6.54 Å². The number of benzene rings is 2. The minimum Gasteiger partial charge on any atom is -0.346 e. The number of amides is 1. The van der Waals surface area contributed by atoms with Crippen molar-refractivity contribution in [3.8, 4) is 0 Å². The average molecular weight is 336 g/mol. The van der Waals surface area contributed by atoms with Crippen molar-refractivity contribution in [2.24, 2.45) is 0 Å². The molecule has 1 aromatic heterocycles. The Morgan fingerprint density at radius 3 is 2.60 bits per heavy atom. The molecule has 0 fully saturated rings. The Kier molecular flexibility index (Phi) is 4.99. The molecule has 2 aromatic carbocycles. The fraction of sp³-hybridized carbons (Fsp3) is 0.105. The highest BCUT2D eigenvalue weighted by Crippen LogP contribution is 2.15. The molecule has 0 unspecified atom stereocenters. The Hall–Kier alpha value is -3.28. The van der Waals surface area contributed by atoms with Crippen LogP contribution < -0.4 is 10.6 Å². The number of nitrogens with zero attached hydrogens (tertiary/aromatic N) is 2. The summed E-state index contributed by atoms with van der Waals surface area (Å²) < 4.78 is 13.5. The summed E-state index contributed by atoms with van der Waals surface area (Å²) in [5, 5.41) is 13.7. The summed E-state index contributed by atoms with van der Waals surface area (Å²) in [6.45, 7) is 2.09. The number of aryl methyl sites for hydroxylation is 1. The molecule has 0 saturated carbocycles. The lowest BCUT2D eigenvalue weighted by molar-refractivity contribution is 0.0944. The molecule has 0 spiro atoms. The maximum Gasteiger partial charge on any atom is 0.272 e. The van der Waals surface area contributed by atoms with E-state index < -0.39 is 5.91 Å². The lowest BCUT2D eigenvalue weighted by atomic mass is 10.2. The van der Waals surface area contributed by atoms with Gasteiger partial charge in [0.1, 0.15) is 5.82 Å².